The van der Waals surface area contributed by atoms with Gasteiger partial charge in [-0.3, -0.25) is 4.79 Å². The number of hydrogen-bond donors (Lipinski definition) is 1. The fourth-order valence-corrected chi connectivity index (χ4v) is 4.46. The molecule has 6 nitrogen and oxygen atoms in total. The van der Waals surface area contributed by atoms with Crippen molar-refractivity contribution in [3.8, 4) is 11.3 Å². The SMILES string of the molecule is Cc1cc2ncn(CC(=O)NC(Cc3cc(F)cc(F)c3)c3ncoc3-c3ccc(Cl)cc3)c2cc1C. The van der Waals surface area contributed by atoms with E-state index in [4.69, 9.17) is 16.0 Å². The van der Waals surface area contributed by atoms with E-state index in [0.717, 1.165) is 28.2 Å². The minimum atomic E-state index is -0.725. The number of carbonyl (C=O) groups is 1. The molecule has 5 aromatic rings. The number of amides is 1. The van der Waals surface area contributed by atoms with Gasteiger partial charge in [0.2, 0.25) is 5.91 Å². The Morgan fingerprint density at radius 2 is 1.73 bits per heavy atom. The van der Waals surface area contributed by atoms with Crippen molar-refractivity contribution in [3.05, 3.63) is 106 Å². The van der Waals surface area contributed by atoms with Crippen molar-refractivity contribution in [2.75, 3.05) is 0 Å². The minimum Gasteiger partial charge on any atom is -0.443 e. The van der Waals surface area contributed by atoms with Crippen LogP contribution in [-0.4, -0.2) is 20.4 Å². The predicted molar refractivity (Wildman–Crippen MR) is 137 cm³/mol. The van der Waals surface area contributed by atoms with Crippen LogP contribution in [0.15, 0.2) is 71.7 Å². The van der Waals surface area contributed by atoms with Crippen LogP contribution in [0.25, 0.3) is 22.4 Å². The van der Waals surface area contributed by atoms with Crippen LogP contribution in [0.1, 0.15) is 28.4 Å². The van der Waals surface area contributed by atoms with Crippen LogP contribution in [-0.2, 0) is 17.8 Å². The number of halogens is 3. The van der Waals surface area contributed by atoms with Crippen molar-refractivity contribution >= 4 is 28.5 Å². The molecule has 1 N–H and O–H groups in total. The number of carbonyl (C=O) groups excluding carboxylic acids is 1. The van der Waals surface area contributed by atoms with Gasteiger partial charge in [0, 0.05) is 16.7 Å². The highest BCUT2D eigenvalue weighted by Crippen LogP contribution is 2.31. The van der Waals surface area contributed by atoms with Gasteiger partial charge in [-0.2, -0.15) is 0 Å². The van der Waals surface area contributed by atoms with E-state index in [1.54, 1.807) is 35.2 Å². The van der Waals surface area contributed by atoms with Gasteiger partial charge in [-0.25, -0.2) is 18.7 Å². The van der Waals surface area contributed by atoms with Crippen LogP contribution in [0.4, 0.5) is 8.78 Å². The Bertz CT molecular complexity index is 1570. The first-order chi connectivity index (χ1) is 17.8. The molecule has 37 heavy (non-hydrogen) atoms. The van der Waals surface area contributed by atoms with E-state index in [2.05, 4.69) is 15.3 Å². The van der Waals surface area contributed by atoms with Crippen LogP contribution in [0.2, 0.25) is 5.02 Å². The third-order valence-corrected chi connectivity index (χ3v) is 6.53. The maximum absolute atomic E-state index is 13.9. The van der Waals surface area contributed by atoms with Gasteiger partial charge in [-0.15, -0.1) is 0 Å². The molecule has 188 valence electrons. The van der Waals surface area contributed by atoms with Crippen molar-refractivity contribution in [1.29, 1.82) is 0 Å². The maximum Gasteiger partial charge on any atom is 0.240 e. The summed E-state index contributed by atoms with van der Waals surface area (Å²) in [6.45, 7) is 4.01. The molecule has 1 unspecified atom stereocenters. The summed E-state index contributed by atoms with van der Waals surface area (Å²) in [5.41, 5.74) is 5.35. The van der Waals surface area contributed by atoms with Crippen molar-refractivity contribution in [3.63, 3.8) is 0 Å². The topological polar surface area (TPSA) is 73.0 Å². The van der Waals surface area contributed by atoms with Gasteiger partial charge >= 0.3 is 0 Å². The Labute approximate surface area is 216 Å². The zero-order valence-corrected chi connectivity index (χ0v) is 20.9. The number of hydrogen-bond acceptors (Lipinski definition) is 4. The maximum atomic E-state index is 13.9. The van der Waals surface area contributed by atoms with Gasteiger partial charge in [-0.1, -0.05) is 11.6 Å². The lowest BCUT2D eigenvalue weighted by atomic mass is 9.99. The zero-order chi connectivity index (χ0) is 26.1. The number of imidazole rings is 1. The van der Waals surface area contributed by atoms with Gasteiger partial charge in [0.1, 0.15) is 23.9 Å². The third kappa shape index (κ3) is 5.39. The summed E-state index contributed by atoms with van der Waals surface area (Å²) in [6, 6.07) is 13.5. The summed E-state index contributed by atoms with van der Waals surface area (Å²) in [6.07, 6.45) is 2.99. The normalized spacial score (nSPS) is 12.1. The van der Waals surface area contributed by atoms with Gasteiger partial charge in [-0.05, 0) is 85.5 Å². The number of nitrogens with one attached hydrogen (secondary N) is 1. The van der Waals surface area contributed by atoms with E-state index >= 15 is 0 Å². The number of aromatic nitrogens is 3. The molecule has 0 fully saturated rings. The van der Waals surface area contributed by atoms with Crippen LogP contribution < -0.4 is 5.32 Å². The van der Waals surface area contributed by atoms with E-state index in [1.165, 1.54) is 18.5 Å². The average Bonchev–Trinajstić information content (AvgIpc) is 3.47. The largest absolute Gasteiger partial charge is 0.443 e. The molecule has 3 aromatic carbocycles. The van der Waals surface area contributed by atoms with E-state index in [9.17, 15) is 13.6 Å². The van der Waals surface area contributed by atoms with Crippen LogP contribution in [0.3, 0.4) is 0 Å². The summed E-state index contributed by atoms with van der Waals surface area (Å²) in [4.78, 5) is 22.0. The lowest BCUT2D eigenvalue weighted by Crippen LogP contribution is -2.33. The van der Waals surface area contributed by atoms with Crippen LogP contribution >= 0.6 is 11.6 Å². The van der Waals surface area contributed by atoms with Crippen molar-refractivity contribution in [2.45, 2.75) is 32.9 Å². The number of benzene rings is 3. The molecule has 5 rings (SSSR count). The molecule has 0 aliphatic rings. The molecule has 1 atom stereocenters. The molecule has 0 aliphatic carbocycles. The number of fused-ring (bicyclic) bond motifs is 1. The van der Waals surface area contributed by atoms with Crippen molar-refractivity contribution in [2.24, 2.45) is 0 Å². The lowest BCUT2D eigenvalue weighted by Gasteiger charge is -2.19. The van der Waals surface area contributed by atoms with Gasteiger partial charge in [0.25, 0.3) is 0 Å². The molecule has 1 amide bonds. The highest BCUT2D eigenvalue weighted by molar-refractivity contribution is 6.30. The fraction of sp³-hybridized carbons (Fsp3) is 0.179. The molecule has 9 heteroatoms. The quantitative estimate of drug-likeness (QED) is 0.272. The van der Waals surface area contributed by atoms with E-state index in [0.29, 0.717) is 27.6 Å². The number of oxazole rings is 1. The van der Waals surface area contributed by atoms with E-state index in [1.807, 2.05) is 26.0 Å². The summed E-state index contributed by atoms with van der Waals surface area (Å²) < 4.78 is 35.3. The monoisotopic (exact) mass is 520 g/mol. The predicted octanol–water partition coefficient (Wildman–Crippen LogP) is 6.34. The molecule has 2 heterocycles. The van der Waals surface area contributed by atoms with Crippen molar-refractivity contribution in [1.82, 2.24) is 19.9 Å². The highest BCUT2D eigenvalue weighted by Gasteiger charge is 2.24. The Morgan fingerprint density at radius 3 is 2.46 bits per heavy atom. The first-order valence-electron chi connectivity index (χ1n) is 11.6. The van der Waals surface area contributed by atoms with Crippen LogP contribution in [0, 0.1) is 25.5 Å². The van der Waals surface area contributed by atoms with Crippen molar-refractivity contribution < 1.29 is 18.0 Å². The van der Waals surface area contributed by atoms with Gasteiger partial charge in [0.05, 0.1) is 23.4 Å². The Morgan fingerprint density at radius 1 is 1.03 bits per heavy atom. The molecule has 0 bridgehead atoms. The molecule has 0 saturated heterocycles. The van der Waals surface area contributed by atoms with Gasteiger partial charge < -0.3 is 14.3 Å². The molecular weight excluding hydrogens is 498 g/mol. The molecular formula is C28H23ClF2N4O2. The van der Waals surface area contributed by atoms with E-state index in [-0.39, 0.29) is 18.9 Å². The summed E-state index contributed by atoms with van der Waals surface area (Å²) >= 11 is 6.03. The second-order valence-electron chi connectivity index (χ2n) is 8.97. The number of aryl methyl sites for hydroxylation is 2. The van der Waals surface area contributed by atoms with Crippen LogP contribution in [0.5, 0.6) is 0 Å². The third-order valence-electron chi connectivity index (χ3n) is 6.28. The zero-order valence-electron chi connectivity index (χ0n) is 20.1. The lowest BCUT2D eigenvalue weighted by molar-refractivity contribution is -0.122. The molecule has 0 saturated carbocycles. The Hall–Kier alpha value is -4.04. The molecule has 0 spiro atoms. The second-order valence-corrected chi connectivity index (χ2v) is 9.41. The first-order valence-corrected chi connectivity index (χ1v) is 12.0. The number of rotatable bonds is 7. The molecule has 0 radical (unpaired) electrons. The fourth-order valence-electron chi connectivity index (χ4n) is 4.33. The average molecular weight is 521 g/mol. The standard InChI is InChI=1S/C28H23ClF2N4O2/c1-16-7-23-25(8-17(16)2)35(14-32-23)13-26(36)34-24(11-18-9-21(30)12-22(31)10-18)27-28(37-15-33-27)19-3-5-20(29)6-4-19/h3-10,12,14-15,24H,11,13H2,1-2H3,(H,34,36). The number of nitrogens with zero attached hydrogens (tertiary/aromatic N) is 3. The molecule has 2 aromatic heterocycles. The minimum absolute atomic E-state index is 0.00113. The van der Waals surface area contributed by atoms with E-state index < -0.39 is 17.7 Å². The second kappa shape index (κ2) is 10.1. The molecule has 0 aliphatic heterocycles. The van der Waals surface area contributed by atoms with Gasteiger partial charge in [0.15, 0.2) is 12.2 Å². The smallest absolute Gasteiger partial charge is 0.240 e. The summed E-state index contributed by atoms with van der Waals surface area (Å²) in [7, 11) is 0. The Balaban J connectivity index is 1.46. The summed E-state index contributed by atoms with van der Waals surface area (Å²) in [5.74, 6) is -1.29. The first kappa shape index (κ1) is 24.6. The summed E-state index contributed by atoms with van der Waals surface area (Å²) in [5, 5.41) is 3.53. The Kier molecular flexibility index (Phi) is 6.76. The highest BCUT2D eigenvalue weighted by atomic mass is 35.5.